The fraction of sp³-hybridized carbons (Fsp3) is 0.778. The summed E-state index contributed by atoms with van der Waals surface area (Å²) in [7, 11) is 0. The van der Waals surface area contributed by atoms with Crippen LogP contribution in [0, 0.1) is 18.3 Å². The number of aliphatic imine (C=N–C) groups is 1. The number of guanidine groups is 1. The minimum absolute atomic E-state index is 0.225. The first-order valence-corrected chi connectivity index (χ1v) is 9.00. The van der Waals surface area contributed by atoms with Gasteiger partial charge in [0, 0.05) is 32.4 Å². The molecule has 6 heteroatoms. The first-order chi connectivity index (χ1) is 11.5. The van der Waals surface area contributed by atoms with Gasteiger partial charge in [0.1, 0.15) is 11.5 Å². The van der Waals surface area contributed by atoms with E-state index in [0.717, 1.165) is 49.6 Å². The highest BCUT2D eigenvalue weighted by Crippen LogP contribution is 2.30. The van der Waals surface area contributed by atoms with Gasteiger partial charge in [0.2, 0.25) is 0 Å². The molecule has 0 saturated carbocycles. The second-order valence-electron chi connectivity index (χ2n) is 7.40. The molecule has 1 aromatic heterocycles. The van der Waals surface area contributed by atoms with Crippen molar-refractivity contribution in [3.05, 3.63) is 17.5 Å². The summed E-state index contributed by atoms with van der Waals surface area (Å²) in [5.74, 6) is 2.42. The second-order valence-corrected chi connectivity index (χ2v) is 7.40. The summed E-state index contributed by atoms with van der Waals surface area (Å²) in [6, 6.07) is 1.92. The van der Waals surface area contributed by atoms with Crippen molar-refractivity contribution in [2.75, 3.05) is 26.3 Å². The van der Waals surface area contributed by atoms with Gasteiger partial charge in [-0.05, 0) is 44.4 Å². The molecule has 2 heterocycles. The maximum atomic E-state index is 5.46. The molecule has 0 atom stereocenters. The number of hydrogen-bond acceptors (Lipinski definition) is 4. The van der Waals surface area contributed by atoms with E-state index >= 15 is 0 Å². The lowest BCUT2D eigenvalue weighted by molar-refractivity contribution is 0.0517. The van der Waals surface area contributed by atoms with E-state index in [1.54, 1.807) is 0 Å². The molecule has 2 rings (SSSR count). The van der Waals surface area contributed by atoms with E-state index in [1.807, 2.05) is 13.0 Å². The number of ether oxygens (including phenoxy) is 1. The molecule has 0 aromatic carbocycles. The molecule has 136 valence electrons. The molecule has 1 fully saturated rings. The lowest BCUT2D eigenvalue weighted by Crippen LogP contribution is -2.42. The molecule has 1 saturated heterocycles. The van der Waals surface area contributed by atoms with E-state index < -0.39 is 0 Å². The molecule has 0 unspecified atom stereocenters. The van der Waals surface area contributed by atoms with E-state index in [-0.39, 0.29) is 5.41 Å². The summed E-state index contributed by atoms with van der Waals surface area (Å²) in [5.41, 5.74) is 1.08. The zero-order chi connectivity index (χ0) is 17.4. The van der Waals surface area contributed by atoms with E-state index in [2.05, 4.69) is 41.6 Å². The Morgan fingerprint density at radius 2 is 2.08 bits per heavy atom. The summed E-state index contributed by atoms with van der Waals surface area (Å²) < 4.78 is 10.5. The number of nitrogens with one attached hydrogen (secondary N) is 2. The van der Waals surface area contributed by atoms with Gasteiger partial charge in [0.25, 0.3) is 0 Å². The first-order valence-electron chi connectivity index (χ1n) is 9.00. The van der Waals surface area contributed by atoms with Gasteiger partial charge < -0.3 is 19.9 Å². The molecular formula is C18H32N4O2. The molecule has 0 amide bonds. The van der Waals surface area contributed by atoms with Crippen molar-refractivity contribution in [3.8, 4) is 0 Å². The monoisotopic (exact) mass is 336 g/mol. The van der Waals surface area contributed by atoms with E-state index in [1.165, 1.54) is 19.3 Å². The Labute approximate surface area is 145 Å². The van der Waals surface area contributed by atoms with Crippen LogP contribution in [0.3, 0.4) is 0 Å². The van der Waals surface area contributed by atoms with Crippen molar-refractivity contribution >= 4 is 5.96 Å². The predicted molar refractivity (Wildman–Crippen MR) is 96.0 cm³/mol. The molecule has 24 heavy (non-hydrogen) atoms. The standard InChI is InChI=1S/C18H32N4O2/c1-5-19-17(20-12-16-10-14(2)24-22-16)21-13-18(3,4)11-15-6-8-23-9-7-15/h10,15H,5-9,11-13H2,1-4H3,(H2,19,20,21). The average molecular weight is 336 g/mol. The van der Waals surface area contributed by atoms with Crippen molar-refractivity contribution in [2.45, 2.75) is 53.5 Å². The lowest BCUT2D eigenvalue weighted by atomic mass is 9.80. The van der Waals surface area contributed by atoms with Crippen LogP contribution in [-0.4, -0.2) is 37.4 Å². The van der Waals surface area contributed by atoms with Crippen LogP contribution in [0.1, 0.15) is 51.5 Å². The fourth-order valence-electron chi connectivity index (χ4n) is 3.12. The summed E-state index contributed by atoms with van der Waals surface area (Å²) >= 11 is 0. The SMILES string of the molecule is CCNC(=NCc1cc(C)on1)NCC(C)(C)CC1CCOCC1. The van der Waals surface area contributed by atoms with Crippen LogP contribution in [0.25, 0.3) is 0 Å². The van der Waals surface area contributed by atoms with Gasteiger partial charge in [0.15, 0.2) is 5.96 Å². The fourth-order valence-corrected chi connectivity index (χ4v) is 3.12. The highest BCUT2D eigenvalue weighted by Gasteiger charge is 2.25. The van der Waals surface area contributed by atoms with Crippen LogP contribution in [0.2, 0.25) is 0 Å². The van der Waals surface area contributed by atoms with Crippen molar-refractivity contribution in [1.29, 1.82) is 0 Å². The normalized spacial score (nSPS) is 17.1. The van der Waals surface area contributed by atoms with Crippen LogP contribution in [0.5, 0.6) is 0 Å². The number of nitrogens with zero attached hydrogens (tertiary/aromatic N) is 2. The van der Waals surface area contributed by atoms with Crippen LogP contribution in [0.15, 0.2) is 15.6 Å². The summed E-state index contributed by atoms with van der Waals surface area (Å²) in [5, 5.41) is 10.8. The quantitative estimate of drug-likeness (QED) is 0.592. The third kappa shape index (κ3) is 6.51. The Kier molecular flexibility index (Phi) is 7.09. The second kappa shape index (κ2) is 9.06. The number of rotatable bonds is 7. The molecule has 0 radical (unpaired) electrons. The van der Waals surface area contributed by atoms with Crippen molar-refractivity contribution in [3.63, 3.8) is 0 Å². The Hall–Kier alpha value is -1.56. The Balaban J connectivity index is 1.84. The van der Waals surface area contributed by atoms with Crippen LogP contribution in [0.4, 0.5) is 0 Å². The summed E-state index contributed by atoms with van der Waals surface area (Å²) in [6.07, 6.45) is 3.58. The smallest absolute Gasteiger partial charge is 0.191 e. The van der Waals surface area contributed by atoms with Crippen LogP contribution < -0.4 is 10.6 Å². The average Bonchev–Trinajstić information content (AvgIpc) is 2.96. The van der Waals surface area contributed by atoms with Crippen LogP contribution in [-0.2, 0) is 11.3 Å². The molecule has 0 aliphatic carbocycles. The van der Waals surface area contributed by atoms with Gasteiger partial charge in [-0.25, -0.2) is 4.99 Å². The Bertz CT molecular complexity index is 519. The zero-order valence-corrected chi connectivity index (χ0v) is 15.5. The molecule has 1 aliphatic heterocycles. The van der Waals surface area contributed by atoms with Crippen LogP contribution >= 0.6 is 0 Å². The Morgan fingerprint density at radius 3 is 2.71 bits per heavy atom. The maximum absolute atomic E-state index is 5.46. The molecule has 0 spiro atoms. The highest BCUT2D eigenvalue weighted by atomic mass is 16.5. The van der Waals surface area contributed by atoms with Gasteiger partial charge in [-0.2, -0.15) is 0 Å². The minimum Gasteiger partial charge on any atom is -0.381 e. The van der Waals surface area contributed by atoms with Crippen molar-refractivity contribution < 1.29 is 9.26 Å². The van der Waals surface area contributed by atoms with Gasteiger partial charge >= 0.3 is 0 Å². The molecular weight excluding hydrogens is 304 g/mol. The number of aryl methyl sites for hydroxylation is 1. The predicted octanol–water partition coefficient (Wildman–Crippen LogP) is 2.88. The topological polar surface area (TPSA) is 71.7 Å². The lowest BCUT2D eigenvalue weighted by Gasteiger charge is -2.32. The molecule has 1 aromatic rings. The first kappa shape index (κ1) is 18.8. The van der Waals surface area contributed by atoms with E-state index in [9.17, 15) is 0 Å². The molecule has 2 N–H and O–H groups in total. The third-order valence-electron chi connectivity index (χ3n) is 4.34. The van der Waals surface area contributed by atoms with Gasteiger partial charge in [0.05, 0.1) is 6.54 Å². The highest BCUT2D eigenvalue weighted by molar-refractivity contribution is 5.79. The minimum atomic E-state index is 0.225. The van der Waals surface area contributed by atoms with Crippen molar-refractivity contribution in [1.82, 2.24) is 15.8 Å². The van der Waals surface area contributed by atoms with E-state index in [4.69, 9.17) is 9.26 Å². The zero-order valence-electron chi connectivity index (χ0n) is 15.5. The van der Waals surface area contributed by atoms with Crippen molar-refractivity contribution in [2.24, 2.45) is 16.3 Å². The maximum Gasteiger partial charge on any atom is 0.191 e. The number of hydrogen-bond donors (Lipinski definition) is 2. The van der Waals surface area contributed by atoms with Gasteiger partial charge in [-0.3, -0.25) is 0 Å². The summed E-state index contributed by atoms with van der Waals surface area (Å²) in [6.45, 7) is 12.7. The molecule has 0 bridgehead atoms. The largest absolute Gasteiger partial charge is 0.381 e. The molecule has 1 aliphatic rings. The van der Waals surface area contributed by atoms with Gasteiger partial charge in [-0.1, -0.05) is 19.0 Å². The van der Waals surface area contributed by atoms with Gasteiger partial charge in [-0.15, -0.1) is 0 Å². The molecule has 6 nitrogen and oxygen atoms in total. The third-order valence-corrected chi connectivity index (χ3v) is 4.34. The summed E-state index contributed by atoms with van der Waals surface area (Å²) in [4.78, 5) is 4.60. The van der Waals surface area contributed by atoms with E-state index in [0.29, 0.717) is 6.54 Å². The number of aromatic nitrogens is 1. The Morgan fingerprint density at radius 1 is 1.33 bits per heavy atom.